The number of hydrogen-bond acceptors (Lipinski definition) is 0. The molecule has 0 N–H and O–H groups in total. The van der Waals surface area contributed by atoms with Gasteiger partial charge in [0.1, 0.15) is 0 Å². The van der Waals surface area contributed by atoms with Crippen molar-refractivity contribution in [1.82, 2.24) is 0 Å². The molecule has 1 aromatic carbocycles. The first-order chi connectivity index (χ1) is 7.07. The zero-order chi connectivity index (χ0) is 11.4. The van der Waals surface area contributed by atoms with Crippen LogP contribution in [0.5, 0.6) is 0 Å². The molecule has 0 heterocycles. The number of aryl methyl sites for hydroxylation is 1. The fourth-order valence-corrected chi connectivity index (χ4v) is 2.39. The summed E-state index contributed by atoms with van der Waals surface area (Å²) in [6, 6.07) is 2.35. The van der Waals surface area contributed by atoms with E-state index >= 15 is 0 Å². The molecule has 0 saturated carbocycles. The van der Waals surface area contributed by atoms with E-state index in [1.165, 1.54) is 53.2 Å². The van der Waals surface area contributed by atoms with Gasteiger partial charge in [0, 0.05) is 0 Å². The molecule has 2 heteroatoms. The van der Waals surface area contributed by atoms with Crippen LogP contribution in [-0.4, -0.2) is 0 Å². The van der Waals surface area contributed by atoms with E-state index in [1.807, 2.05) is 0 Å². The van der Waals surface area contributed by atoms with Gasteiger partial charge >= 0.3 is 0 Å². The maximum Gasteiger partial charge on any atom is -0.0268 e. The van der Waals surface area contributed by atoms with E-state index in [9.17, 15) is 0 Å². The number of hydrogen-bond donors (Lipinski definition) is 0. The highest BCUT2D eigenvalue weighted by Gasteiger charge is 2.06. The van der Waals surface area contributed by atoms with Gasteiger partial charge in [-0.1, -0.05) is 25.8 Å². The van der Waals surface area contributed by atoms with Crippen molar-refractivity contribution in [2.75, 3.05) is 0 Å². The van der Waals surface area contributed by atoms with Crippen molar-refractivity contribution in [3.05, 3.63) is 28.3 Å². The topological polar surface area (TPSA) is 0 Å². The molecular weight excluding hydrogens is 326 g/mol. The highest BCUT2D eigenvalue weighted by atomic mass is 127. The largest absolute Gasteiger partial charge is 0.107 e. The van der Waals surface area contributed by atoms with Crippen LogP contribution >= 0.6 is 33.2 Å². The molecule has 0 radical (unpaired) electrons. The molecule has 1 atom stereocenters. The summed E-state index contributed by atoms with van der Waals surface area (Å²) in [4.78, 5) is 0. The van der Waals surface area contributed by atoms with Gasteiger partial charge in [0.2, 0.25) is 0 Å². The van der Waals surface area contributed by atoms with Gasteiger partial charge in [0.25, 0.3) is 0 Å². The van der Waals surface area contributed by atoms with Crippen LogP contribution in [-0.2, 0) is 6.42 Å². The fraction of sp³-hybridized carbons (Fsp3) is 0.571. The van der Waals surface area contributed by atoms with Gasteiger partial charge in [-0.25, -0.2) is 0 Å². The maximum absolute atomic E-state index is 2.86. The minimum atomic E-state index is 0. The van der Waals surface area contributed by atoms with Crippen molar-refractivity contribution in [3.8, 4) is 0 Å². The van der Waals surface area contributed by atoms with Gasteiger partial charge in [-0.2, -0.15) is 0 Å². The molecular formula is C14H24IP. The Morgan fingerprint density at radius 2 is 1.62 bits per heavy atom. The van der Waals surface area contributed by atoms with Gasteiger partial charge in [-0.3, -0.25) is 0 Å². The Kier molecular flexibility index (Phi) is 7.84. The SMILES string of the molecule is CCCCCc1cc(P)c(C)c(C)c1C.I. The molecule has 1 rings (SSSR count). The van der Waals surface area contributed by atoms with Gasteiger partial charge in [-0.05, 0) is 61.2 Å². The van der Waals surface area contributed by atoms with Gasteiger partial charge in [0.05, 0.1) is 0 Å². The zero-order valence-electron chi connectivity index (χ0n) is 10.9. The van der Waals surface area contributed by atoms with Crippen molar-refractivity contribution in [3.63, 3.8) is 0 Å². The Balaban J connectivity index is 0.00000225. The average molecular weight is 350 g/mol. The van der Waals surface area contributed by atoms with E-state index in [-0.39, 0.29) is 24.0 Å². The Morgan fingerprint density at radius 1 is 1.00 bits per heavy atom. The predicted octanol–water partition coefficient (Wildman–Crippen LogP) is 4.46. The van der Waals surface area contributed by atoms with Crippen LogP contribution < -0.4 is 5.30 Å². The second kappa shape index (κ2) is 7.66. The molecule has 0 bridgehead atoms. The van der Waals surface area contributed by atoms with Crippen LogP contribution in [0.25, 0.3) is 0 Å². The van der Waals surface area contributed by atoms with Crippen LogP contribution in [0.4, 0.5) is 0 Å². The lowest BCUT2D eigenvalue weighted by atomic mass is 9.95. The molecule has 0 aromatic heterocycles. The third-order valence-electron chi connectivity index (χ3n) is 3.42. The third-order valence-corrected chi connectivity index (χ3v) is 4.02. The van der Waals surface area contributed by atoms with E-state index in [4.69, 9.17) is 0 Å². The molecule has 0 aliphatic carbocycles. The average Bonchev–Trinajstić information content (AvgIpc) is 2.23. The minimum Gasteiger partial charge on any atom is -0.107 e. The van der Waals surface area contributed by atoms with Crippen LogP contribution in [0.1, 0.15) is 48.4 Å². The monoisotopic (exact) mass is 350 g/mol. The summed E-state index contributed by atoms with van der Waals surface area (Å²) >= 11 is 0. The zero-order valence-corrected chi connectivity index (χ0v) is 14.4. The highest BCUT2D eigenvalue weighted by Crippen LogP contribution is 2.19. The maximum atomic E-state index is 2.86. The van der Waals surface area contributed by atoms with Crippen molar-refractivity contribution < 1.29 is 0 Å². The second-order valence-electron chi connectivity index (χ2n) is 4.46. The van der Waals surface area contributed by atoms with Gasteiger partial charge < -0.3 is 0 Å². The molecule has 0 aliphatic rings. The van der Waals surface area contributed by atoms with Crippen molar-refractivity contribution in [2.45, 2.75) is 53.4 Å². The third kappa shape index (κ3) is 4.00. The standard InChI is InChI=1S/C14H23P.HI/c1-5-6-7-8-13-9-14(15)12(4)10(2)11(13)3;/h9H,5-8,15H2,1-4H3;1H. The molecule has 0 spiro atoms. The molecule has 0 aliphatic heterocycles. The van der Waals surface area contributed by atoms with Gasteiger partial charge in [0.15, 0.2) is 0 Å². The summed E-state index contributed by atoms with van der Waals surface area (Å²) in [5.74, 6) is 0. The lowest BCUT2D eigenvalue weighted by molar-refractivity contribution is 0.715. The van der Waals surface area contributed by atoms with Crippen LogP contribution in [0.3, 0.4) is 0 Å². The van der Waals surface area contributed by atoms with Crippen molar-refractivity contribution in [1.29, 1.82) is 0 Å². The molecule has 0 saturated heterocycles. The molecule has 0 nitrogen and oxygen atoms in total. The number of benzene rings is 1. The Bertz CT molecular complexity index is 345. The normalized spacial score (nSPS) is 10.1. The highest BCUT2D eigenvalue weighted by molar-refractivity contribution is 14.0. The lowest BCUT2D eigenvalue weighted by Gasteiger charge is -2.13. The number of halogens is 1. The summed E-state index contributed by atoms with van der Waals surface area (Å²) in [7, 11) is 2.86. The summed E-state index contributed by atoms with van der Waals surface area (Å²) < 4.78 is 0. The summed E-state index contributed by atoms with van der Waals surface area (Å²) in [5, 5.41) is 1.37. The predicted molar refractivity (Wildman–Crippen MR) is 88.6 cm³/mol. The lowest BCUT2D eigenvalue weighted by Crippen LogP contribution is -2.06. The molecule has 16 heavy (non-hydrogen) atoms. The second-order valence-corrected chi connectivity index (χ2v) is 5.08. The molecule has 1 unspecified atom stereocenters. The van der Waals surface area contributed by atoms with E-state index in [0.29, 0.717) is 0 Å². The Hall–Kier alpha value is 0.380. The minimum absolute atomic E-state index is 0. The number of unbranched alkanes of at least 4 members (excludes halogenated alkanes) is 2. The molecule has 0 fully saturated rings. The Morgan fingerprint density at radius 3 is 2.19 bits per heavy atom. The van der Waals surface area contributed by atoms with E-state index in [1.54, 1.807) is 0 Å². The Labute approximate surface area is 120 Å². The van der Waals surface area contributed by atoms with Crippen LogP contribution in [0.15, 0.2) is 6.07 Å². The molecule has 0 amide bonds. The van der Waals surface area contributed by atoms with E-state index in [2.05, 4.69) is 43.0 Å². The first-order valence-electron chi connectivity index (χ1n) is 5.93. The van der Waals surface area contributed by atoms with E-state index in [0.717, 1.165) is 0 Å². The molecule has 1 aromatic rings. The van der Waals surface area contributed by atoms with Crippen LogP contribution in [0.2, 0.25) is 0 Å². The number of rotatable bonds is 4. The fourth-order valence-electron chi connectivity index (χ4n) is 1.97. The first-order valence-corrected chi connectivity index (χ1v) is 6.50. The van der Waals surface area contributed by atoms with Crippen molar-refractivity contribution >= 4 is 38.5 Å². The summed E-state index contributed by atoms with van der Waals surface area (Å²) in [6.07, 6.45) is 5.21. The van der Waals surface area contributed by atoms with Gasteiger partial charge in [-0.15, -0.1) is 33.2 Å². The summed E-state index contributed by atoms with van der Waals surface area (Å²) in [6.45, 7) is 8.96. The first kappa shape index (κ1) is 16.4. The van der Waals surface area contributed by atoms with Crippen LogP contribution in [0, 0.1) is 20.8 Å². The smallest absolute Gasteiger partial charge is 0.0268 e. The summed E-state index contributed by atoms with van der Waals surface area (Å²) in [5.41, 5.74) is 5.93. The van der Waals surface area contributed by atoms with E-state index < -0.39 is 0 Å². The quantitative estimate of drug-likeness (QED) is 0.427. The van der Waals surface area contributed by atoms with Crippen molar-refractivity contribution in [2.24, 2.45) is 0 Å². The molecule has 92 valence electrons.